The molecule has 0 heterocycles. The first-order valence-corrected chi connectivity index (χ1v) is 7.13. The molecule has 22 heavy (non-hydrogen) atoms. The predicted octanol–water partition coefficient (Wildman–Crippen LogP) is 2.59. The molecule has 4 nitrogen and oxygen atoms in total. The van der Waals surface area contributed by atoms with Crippen molar-refractivity contribution in [2.45, 2.75) is 0 Å². The fourth-order valence-electron chi connectivity index (χ4n) is 2.93. The molecule has 2 aromatic rings. The Bertz CT molecular complexity index is 726. The van der Waals surface area contributed by atoms with Crippen LogP contribution in [0.15, 0.2) is 36.4 Å². The lowest BCUT2D eigenvalue weighted by Crippen LogP contribution is -2.27. The lowest BCUT2D eigenvalue weighted by Gasteiger charge is -2.27. The van der Waals surface area contributed by atoms with Crippen molar-refractivity contribution in [3.8, 4) is 0 Å². The van der Waals surface area contributed by atoms with Gasteiger partial charge in [-0.15, -0.1) is 0 Å². The van der Waals surface area contributed by atoms with Crippen LogP contribution in [0.5, 0.6) is 0 Å². The highest BCUT2D eigenvalue weighted by Gasteiger charge is 2.34. The zero-order valence-electron chi connectivity index (χ0n) is 13.2. The SMILES string of the molecule is CN(C)c1ccc(N(C)C)c2c1C(=O)c1ccccc1C2=O. The molecule has 0 fully saturated rings. The van der Waals surface area contributed by atoms with Gasteiger partial charge in [0.05, 0.1) is 11.1 Å². The van der Waals surface area contributed by atoms with Crippen molar-refractivity contribution >= 4 is 22.9 Å². The topological polar surface area (TPSA) is 40.6 Å². The van der Waals surface area contributed by atoms with Gasteiger partial charge in [0.1, 0.15) is 0 Å². The summed E-state index contributed by atoms with van der Waals surface area (Å²) in [5.74, 6) is -0.171. The normalized spacial score (nSPS) is 12.7. The monoisotopic (exact) mass is 294 g/mol. The Hall–Kier alpha value is -2.62. The Morgan fingerprint density at radius 2 is 1.00 bits per heavy atom. The molecule has 3 rings (SSSR count). The molecule has 0 aliphatic heterocycles. The second kappa shape index (κ2) is 4.98. The Labute approximate surface area is 130 Å². The van der Waals surface area contributed by atoms with Crippen molar-refractivity contribution in [3.05, 3.63) is 58.7 Å². The van der Waals surface area contributed by atoms with E-state index >= 15 is 0 Å². The van der Waals surface area contributed by atoms with E-state index in [0.29, 0.717) is 22.3 Å². The molecule has 0 saturated carbocycles. The van der Waals surface area contributed by atoms with Crippen molar-refractivity contribution in [2.75, 3.05) is 38.0 Å². The summed E-state index contributed by atoms with van der Waals surface area (Å²) < 4.78 is 0. The lowest BCUT2D eigenvalue weighted by molar-refractivity contribution is 0.0980. The third-order valence-electron chi connectivity index (χ3n) is 4.00. The number of nitrogens with zero attached hydrogens (tertiary/aromatic N) is 2. The molecule has 4 heteroatoms. The molecule has 1 aliphatic rings. The number of ketones is 2. The van der Waals surface area contributed by atoms with Gasteiger partial charge < -0.3 is 9.80 Å². The Kier molecular flexibility index (Phi) is 3.24. The molecule has 0 spiro atoms. The maximum atomic E-state index is 13.0. The summed E-state index contributed by atoms with van der Waals surface area (Å²) in [6.07, 6.45) is 0. The molecular formula is C18H18N2O2. The number of hydrogen-bond donors (Lipinski definition) is 0. The minimum Gasteiger partial charge on any atom is -0.377 e. The van der Waals surface area contributed by atoms with Gasteiger partial charge in [-0.05, 0) is 12.1 Å². The van der Waals surface area contributed by atoms with Gasteiger partial charge in [-0.25, -0.2) is 0 Å². The summed E-state index contributed by atoms with van der Waals surface area (Å²) in [5, 5.41) is 0. The van der Waals surface area contributed by atoms with E-state index in [4.69, 9.17) is 0 Å². The molecule has 1 aliphatic carbocycles. The first-order chi connectivity index (χ1) is 10.4. The number of fused-ring (bicyclic) bond motifs is 2. The number of rotatable bonds is 2. The number of carbonyl (C=O) groups is 2. The largest absolute Gasteiger partial charge is 0.377 e. The van der Waals surface area contributed by atoms with E-state index in [-0.39, 0.29) is 11.6 Å². The maximum Gasteiger partial charge on any atom is 0.196 e. The fourth-order valence-corrected chi connectivity index (χ4v) is 2.93. The van der Waals surface area contributed by atoms with E-state index < -0.39 is 0 Å². The van der Waals surface area contributed by atoms with Crippen LogP contribution in [0.1, 0.15) is 31.8 Å². The minimum absolute atomic E-state index is 0.0856. The van der Waals surface area contributed by atoms with Crippen molar-refractivity contribution in [3.63, 3.8) is 0 Å². The van der Waals surface area contributed by atoms with E-state index in [1.165, 1.54) is 0 Å². The van der Waals surface area contributed by atoms with Gasteiger partial charge in [-0.1, -0.05) is 24.3 Å². The smallest absolute Gasteiger partial charge is 0.196 e. The van der Waals surface area contributed by atoms with E-state index in [1.807, 2.05) is 50.1 Å². The Balaban J connectivity index is 2.39. The minimum atomic E-state index is -0.0856. The number of carbonyl (C=O) groups excluding carboxylic acids is 2. The summed E-state index contributed by atoms with van der Waals surface area (Å²) >= 11 is 0. The highest BCUT2D eigenvalue weighted by Crippen LogP contribution is 2.38. The first kappa shape index (κ1) is 14.3. The van der Waals surface area contributed by atoms with E-state index in [2.05, 4.69) is 0 Å². The van der Waals surface area contributed by atoms with Crippen LogP contribution in [-0.2, 0) is 0 Å². The molecule has 0 N–H and O–H groups in total. The number of benzene rings is 2. The molecular weight excluding hydrogens is 276 g/mol. The van der Waals surface area contributed by atoms with Crippen LogP contribution < -0.4 is 9.80 Å². The van der Waals surface area contributed by atoms with Gasteiger partial charge in [0.15, 0.2) is 11.6 Å². The Morgan fingerprint density at radius 1 is 0.636 bits per heavy atom. The molecule has 0 aromatic heterocycles. The molecule has 0 unspecified atom stereocenters. The second-order valence-electron chi connectivity index (χ2n) is 5.85. The number of anilines is 2. The van der Waals surface area contributed by atoms with Crippen LogP contribution in [0.25, 0.3) is 0 Å². The summed E-state index contributed by atoms with van der Waals surface area (Å²) in [7, 11) is 7.51. The summed E-state index contributed by atoms with van der Waals surface area (Å²) in [4.78, 5) is 29.7. The average Bonchev–Trinajstić information content (AvgIpc) is 2.51. The molecule has 2 aromatic carbocycles. The van der Waals surface area contributed by atoms with Gasteiger partial charge in [0.25, 0.3) is 0 Å². The standard InChI is InChI=1S/C18H18N2O2/c1-19(2)13-9-10-14(20(3)4)16-15(13)17(21)11-7-5-6-8-12(11)18(16)22/h5-10H,1-4H3. The average molecular weight is 294 g/mol. The van der Waals surface area contributed by atoms with Gasteiger partial charge in [-0.3, -0.25) is 9.59 Å². The van der Waals surface area contributed by atoms with Crippen molar-refractivity contribution in [1.82, 2.24) is 0 Å². The first-order valence-electron chi connectivity index (χ1n) is 7.13. The van der Waals surface area contributed by atoms with Crippen molar-refractivity contribution < 1.29 is 9.59 Å². The molecule has 0 radical (unpaired) electrons. The predicted molar refractivity (Wildman–Crippen MR) is 88.4 cm³/mol. The molecule has 0 bridgehead atoms. The van der Waals surface area contributed by atoms with Crippen molar-refractivity contribution in [1.29, 1.82) is 0 Å². The summed E-state index contributed by atoms with van der Waals surface area (Å²) in [5.41, 5.74) is 3.51. The lowest BCUT2D eigenvalue weighted by atomic mass is 9.82. The second-order valence-corrected chi connectivity index (χ2v) is 5.85. The maximum absolute atomic E-state index is 13.0. The van der Waals surface area contributed by atoms with Crippen LogP contribution in [0, 0.1) is 0 Å². The number of hydrogen-bond acceptors (Lipinski definition) is 4. The third kappa shape index (κ3) is 1.91. The van der Waals surface area contributed by atoms with Crippen LogP contribution in [-0.4, -0.2) is 39.8 Å². The van der Waals surface area contributed by atoms with Gasteiger partial charge in [0, 0.05) is 50.7 Å². The van der Waals surface area contributed by atoms with Crippen LogP contribution in [0.4, 0.5) is 11.4 Å². The molecule has 0 saturated heterocycles. The fraction of sp³-hybridized carbons (Fsp3) is 0.222. The molecule has 0 atom stereocenters. The van der Waals surface area contributed by atoms with E-state index in [9.17, 15) is 9.59 Å². The Morgan fingerprint density at radius 3 is 1.32 bits per heavy atom. The molecule has 0 amide bonds. The summed E-state index contributed by atoms with van der Waals surface area (Å²) in [6.45, 7) is 0. The van der Waals surface area contributed by atoms with E-state index in [0.717, 1.165) is 11.4 Å². The van der Waals surface area contributed by atoms with E-state index in [1.54, 1.807) is 24.3 Å². The third-order valence-corrected chi connectivity index (χ3v) is 4.00. The van der Waals surface area contributed by atoms with Crippen LogP contribution >= 0.6 is 0 Å². The highest BCUT2D eigenvalue weighted by molar-refractivity contribution is 6.31. The quantitative estimate of drug-likeness (QED) is 0.728. The molecule has 112 valence electrons. The van der Waals surface area contributed by atoms with Gasteiger partial charge in [-0.2, -0.15) is 0 Å². The summed E-state index contributed by atoms with van der Waals surface area (Å²) in [6, 6.07) is 10.8. The van der Waals surface area contributed by atoms with Crippen LogP contribution in [0.3, 0.4) is 0 Å². The zero-order chi connectivity index (χ0) is 16.0. The van der Waals surface area contributed by atoms with Gasteiger partial charge in [0.2, 0.25) is 0 Å². The van der Waals surface area contributed by atoms with Crippen molar-refractivity contribution in [2.24, 2.45) is 0 Å². The zero-order valence-corrected chi connectivity index (χ0v) is 13.2. The van der Waals surface area contributed by atoms with Crippen LogP contribution in [0.2, 0.25) is 0 Å². The van der Waals surface area contributed by atoms with Gasteiger partial charge >= 0.3 is 0 Å². The highest BCUT2D eigenvalue weighted by atomic mass is 16.1.